The maximum atomic E-state index is 13.0. The second-order valence-corrected chi connectivity index (χ2v) is 6.38. The van der Waals surface area contributed by atoms with Crippen LogP contribution in [0.2, 0.25) is 0 Å². The van der Waals surface area contributed by atoms with E-state index in [1.54, 1.807) is 18.5 Å². The molecular formula is C25H19NO2. The van der Waals surface area contributed by atoms with Gasteiger partial charge in [0.2, 0.25) is 0 Å². The molecule has 0 radical (unpaired) electrons. The maximum absolute atomic E-state index is 13.0. The van der Waals surface area contributed by atoms with Crippen molar-refractivity contribution in [3.8, 4) is 5.75 Å². The Hall–Kier alpha value is -3.72. The Kier molecular flexibility index (Phi) is 5.25. The molecule has 136 valence electrons. The molecule has 3 aromatic carbocycles. The first kappa shape index (κ1) is 17.7. The number of nitrogens with zero attached hydrogens (tertiary/aromatic N) is 1. The van der Waals surface area contributed by atoms with Crippen molar-refractivity contribution in [3.63, 3.8) is 0 Å². The number of aromatic nitrogens is 1. The molecule has 0 amide bonds. The van der Waals surface area contributed by atoms with Crippen LogP contribution in [-0.4, -0.2) is 10.8 Å². The first-order valence-corrected chi connectivity index (χ1v) is 9.13. The van der Waals surface area contributed by atoms with Gasteiger partial charge in [0.1, 0.15) is 11.9 Å². The van der Waals surface area contributed by atoms with E-state index in [4.69, 9.17) is 4.74 Å². The topological polar surface area (TPSA) is 39.2 Å². The first-order chi connectivity index (χ1) is 13.8. The molecule has 3 nitrogen and oxygen atoms in total. The number of ether oxygens (including phenoxy) is 1. The molecule has 0 spiro atoms. The number of para-hydroxylation sites is 1. The summed E-state index contributed by atoms with van der Waals surface area (Å²) < 4.78 is 6.41. The third-order valence-corrected chi connectivity index (χ3v) is 4.52. The van der Waals surface area contributed by atoms with Crippen molar-refractivity contribution in [2.75, 3.05) is 0 Å². The zero-order chi connectivity index (χ0) is 19.2. The molecule has 1 unspecified atom stereocenters. The van der Waals surface area contributed by atoms with Crippen molar-refractivity contribution in [1.82, 2.24) is 4.98 Å². The molecule has 0 saturated carbocycles. The van der Waals surface area contributed by atoms with Crippen LogP contribution < -0.4 is 4.74 Å². The van der Waals surface area contributed by atoms with E-state index in [0.29, 0.717) is 16.9 Å². The number of benzene rings is 3. The van der Waals surface area contributed by atoms with E-state index in [-0.39, 0.29) is 11.9 Å². The van der Waals surface area contributed by atoms with E-state index in [1.807, 2.05) is 91.0 Å². The predicted molar refractivity (Wildman–Crippen MR) is 109 cm³/mol. The van der Waals surface area contributed by atoms with E-state index in [0.717, 1.165) is 11.1 Å². The van der Waals surface area contributed by atoms with Crippen LogP contribution in [0, 0.1) is 0 Å². The van der Waals surface area contributed by atoms with Gasteiger partial charge in [-0.3, -0.25) is 9.78 Å². The second-order valence-electron chi connectivity index (χ2n) is 6.38. The lowest BCUT2D eigenvalue weighted by Crippen LogP contribution is -2.12. The summed E-state index contributed by atoms with van der Waals surface area (Å²) in [5, 5.41) is 0. The van der Waals surface area contributed by atoms with Gasteiger partial charge < -0.3 is 4.74 Å². The average Bonchev–Trinajstić information content (AvgIpc) is 2.79. The molecular weight excluding hydrogens is 346 g/mol. The SMILES string of the molecule is O=C(c1ccccc1)c1ccccc1OC(c1ccccc1)c1ccncc1. The smallest absolute Gasteiger partial charge is 0.196 e. The first-order valence-electron chi connectivity index (χ1n) is 9.13. The van der Waals surface area contributed by atoms with Crippen LogP contribution in [0.15, 0.2) is 109 Å². The van der Waals surface area contributed by atoms with Gasteiger partial charge in [0, 0.05) is 18.0 Å². The van der Waals surface area contributed by atoms with Crippen molar-refractivity contribution in [2.45, 2.75) is 6.10 Å². The normalized spacial score (nSPS) is 11.6. The van der Waals surface area contributed by atoms with Gasteiger partial charge in [0.15, 0.2) is 5.78 Å². The molecule has 0 fully saturated rings. The van der Waals surface area contributed by atoms with E-state index in [2.05, 4.69) is 4.98 Å². The molecule has 0 saturated heterocycles. The minimum absolute atomic E-state index is 0.0576. The van der Waals surface area contributed by atoms with Gasteiger partial charge in [-0.05, 0) is 35.4 Å². The lowest BCUT2D eigenvalue weighted by atomic mass is 10.0. The molecule has 0 aliphatic carbocycles. The Balaban J connectivity index is 1.73. The van der Waals surface area contributed by atoms with Crippen LogP contribution in [0.5, 0.6) is 5.75 Å². The summed E-state index contributed by atoms with van der Waals surface area (Å²) in [6.45, 7) is 0. The number of carbonyl (C=O) groups is 1. The maximum Gasteiger partial charge on any atom is 0.196 e. The number of pyridine rings is 1. The summed E-state index contributed by atoms with van der Waals surface area (Å²) in [6, 6.07) is 30.5. The van der Waals surface area contributed by atoms with Gasteiger partial charge in [0.25, 0.3) is 0 Å². The molecule has 3 heteroatoms. The lowest BCUT2D eigenvalue weighted by molar-refractivity contribution is 0.103. The van der Waals surface area contributed by atoms with Crippen molar-refractivity contribution in [2.24, 2.45) is 0 Å². The highest BCUT2D eigenvalue weighted by Crippen LogP contribution is 2.31. The van der Waals surface area contributed by atoms with Crippen molar-refractivity contribution >= 4 is 5.78 Å². The summed E-state index contributed by atoms with van der Waals surface area (Å²) in [7, 11) is 0. The largest absolute Gasteiger partial charge is 0.480 e. The molecule has 1 aromatic heterocycles. The van der Waals surface area contributed by atoms with Crippen molar-refractivity contribution < 1.29 is 9.53 Å². The zero-order valence-corrected chi connectivity index (χ0v) is 15.2. The average molecular weight is 365 g/mol. The number of hydrogen-bond donors (Lipinski definition) is 0. The minimum Gasteiger partial charge on any atom is -0.480 e. The quantitative estimate of drug-likeness (QED) is 0.425. The molecule has 0 aliphatic rings. The third kappa shape index (κ3) is 3.84. The number of carbonyl (C=O) groups excluding carboxylic acids is 1. The predicted octanol–water partition coefficient (Wildman–Crippen LogP) is 5.48. The molecule has 0 bridgehead atoms. The standard InChI is InChI=1S/C25H19NO2/c27-24(19-9-3-1-4-10-19)22-13-7-8-14-23(22)28-25(20-11-5-2-6-12-20)21-15-17-26-18-16-21/h1-18,25H. The molecule has 0 aliphatic heterocycles. The van der Waals surface area contributed by atoms with Crippen LogP contribution in [0.25, 0.3) is 0 Å². The van der Waals surface area contributed by atoms with Crippen molar-refractivity contribution in [1.29, 1.82) is 0 Å². The molecule has 28 heavy (non-hydrogen) atoms. The van der Waals surface area contributed by atoms with Crippen LogP contribution in [-0.2, 0) is 0 Å². The van der Waals surface area contributed by atoms with Gasteiger partial charge in [-0.25, -0.2) is 0 Å². The summed E-state index contributed by atoms with van der Waals surface area (Å²) in [5.74, 6) is 0.500. The highest BCUT2D eigenvalue weighted by molar-refractivity contribution is 6.10. The zero-order valence-electron chi connectivity index (χ0n) is 15.2. The van der Waals surface area contributed by atoms with E-state index >= 15 is 0 Å². The molecule has 4 aromatic rings. The van der Waals surface area contributed by atoms with Crippen LogP contribution in [0.1, 0.15) is 33.2 Å². The Morgan fingerprint density at radius 2 is 1.25 bits per heavy atom. The van der Waals surface area contributed by atoms with Crippen LogP contribution >= 0.6 is 0 Å². The van der Waals surface area contributed by atoms with Gasteiger partial charge in [-0.2, -0.15) is 0 Å². The van der Waals surface area contributed by atoms with E-state index in [9.17, 15) is 4.79 Å². The minimum atomic E-state index is -0.339. The van der Waals surface area contributed by atoms with Crippen LogP contribution in [0.3, 0.4) is 0 Å². The van der Waals surface area contributed by atoms with Gasteiger partial charge >= 0.3 is 0 Å². The van der Waals surface area contributed by atoms with Gasteiger partial charge in [-0.1, -0.05) is 72.8 Å². The molecule has 0 N–H and O–H groups in total. The molecule has 1 atom stereocenters. The number of ketones is 1. The third-order valence-electron chi connectivity index (χ3n) is 4.52. The number of rotatable bonds is 6. The molecule has 1 heterocycles. The summed E-state index contributed by atoms with van der Waals surface area (Å²) in [4.78, 5) is 17.1. The Labute approximate surface area is 164 Å². The van der Waals surface area contributed by atoms with E-state index in [1.165, 1.54) is 0 Å². The monoisotopic (exact) mass is 365 g/mol. The summed E-state index contributed by atoms with van der Waals surface area (Å²) in [6.07, 6.45) is 3.15. The molecule has 4 rings (SSSR count). The van der Waals surface area contributed by atoms with Gasteiger partial charge in [-0.15, -0.1) is 0 Å². The number of hydrogen-bond acceptors (Lipinski definition) is 3. The fourth-order valence-corrected chi connectivity index (χ4v) is 3.12. The second kappa shape index (κ2) is 8.31. The fraction of sp³-hybridized carbons (Fsp3) is 0.0400. The highest BCUT2D eigenvalue weighted by atomic mass is 16.5. The Morgan fingerprint density at radius 1 is 0.679 bits per heavy atom. The summed E-state index contributed by atoms with van der Waals surface area (Å²) in [5.41, 5.74) is 3.17. The Bertz CT molecular complexity index is 1010. The van der Waals surface area contributed by atoms with E-state index < -0.39 is 0 Å². The fourth-order valence-electron chi connectivity index (χ4n) is 3.12. The van der Waals surface area contributed by atoms with Crippen molar-refractivity contribution in [3.05, 3.63) is 132 Å². The Morgan fingerprint density at radius 3 is 1.96 bits per heavy atom. The lowest BCUT2D eigenvalue weighted by Gasteiger charge is -2.21. The van der Waals surface area contributed by atoms with Gasteiger partial charge in [0.05, 0.1) is 5.56 Å². The van der Waals surface area contributed by atoms with Crippen LogP contribution in [0.4, 0.5) is 0 Å². The summed E-state index contributed by atoms with van der Waals surface area (Å²) >= 11 is 0. The highest BCUT2D eigenvalue weighted by Gasteiger charge is 2.20.